The molecule has 2 N–H and O–H groups in total. The fourth-order valence-corrected chi connectivity index (χ4v) is 3.55. The summed E-state index contributed by atoms with van der Waals surface area (Å²) in [6.45, 7) is -0.530. The van der Waals surface area contributed by atoms with Crippen molar-refractivity contribution in [1.29, 1.82) is 0 Å². The zero-order valence-corrected chi connectivity index (χ0v) is 20.0. The average Bonchev–Trinajstić information content (AvgIpc) is 3.45. The van der Waals surface area contributed by atoms with E-state index in [2.05, 4.69) is 15.4 Å². The summed E-state index contributed by atoms with van der Waals surface area (Å²) in [6, 6.07) is 12.1. The minimum Gasteiger partial charge on any atom is -0.482 e. The normalized spacial score (nSPS) is 14.0. The lowest BCUT2D eigenvalue weighted by molar-refractivity contribution is -0.123. The Labute approximate surface area is 214 Å². The number of furan rings is 1. The van der Waals surface area contributed by atoms with Crippen LogP contribution in [-0.4, -0.2) is 42.4 Å². The largest absolute Gasteiger partial charge is 0.482 e. The van der Waals surface area contributed by atoms with Gasteiger partial charge in [0.15, 0.2) is 6.61 Å². The number of halogens is 2. The van der Waals surface area contributed by atoms with Crippen molar-refractivity contribution in [2.45, 2.75) is 6.54 Å². The standard InChI is InChI=1S/C25H19ClFN3O7/c1-35-24(33)21-9-7-17(37-21)12-30-23(32)19(29-25(30)34)11-14-2-8-20(18(26)10-14)36-13-22(31)28-16-5-3-15(27)4-6-16/h2-11H,12-13H2,1H3,(H,28,31)(H,29,34)/b19-11-. The number of nitrogens with one attached hydrogen (secondary N) is 2. The van der Waals surface area contributed by atoms with E-state index in [1.165, 1.54) is 61.7 Å². The Balaban J connectivity index is 1.37. The number of anilines is 1. The molecule has 0 aliphatic carbocycles. The molecule has 1 saturated heterocycles. The smallest absolute Gasteiger partial charge is 0.373 e. The number of carbonyl (C=O) groups is 4. The summed E-state index contributed by atoms with van der Waals surface area (Å²) < 4.78 is 28.3. The van der Waals surface area contributed by atoms with Gasteiger partial charge in [0.25, 0.3) is 11.8 Å². The maximum Gasteiger partial charge on any atom is 0.373 e. The van der Waals surface area contributed by atoms with E-state index >= 15 is 0 Å². The molecule has 4 amide bonds. The number of amides is 4. The molecule has 2 heterocycles. The third-order valence-electron chi connectivity index (χ3n) is 5.08. The highest BCUT2D eigenvalue weighted by molar-refractivity contribution is 6.32. The summed E-state index contributed by atoms with van der Waals surface area (Å²) in [5.74, 6) is -1.78. The second-order valence-electron chi connectivity index (χ2n) is 7.67. The number of urea groups is 1. The number of rotatable bonds is 8. The maximum atomic E-state index is 13.0. The van der Waals surface area contributed by atoms with E-state index in [9.17, 15) is 23.6 Å². The molecular weight excluding hydrogens is 509 g/mol. The fourth-order valence-electron chi connectivity index (χ4n) is 3.31. The number of hydrogen-bond acceptors (Lipinski definition) is 7. The van der Waals surface area contributed by atoms with Crippen molar-refractivity contribution in [3.63, 3.8) is 0 Å². The fraction of sp³-hybridized carbons (Fsp3) is 0.120. The first kappa shape index (κ1) is 25.5. The van der Waals surface area contributed by atoms with Gasteiger partial charge < -0.3 is 24.5 Å². The van der Waals surface area contributed by atoms with Crippen LogP contribution in [0.4, 0.5) is 14.9 Å². The molecule has 190 valence electrons. The zero-order chi connectivity index (χ0) is 26.5. The minimum absolute atomic E-state index is 0.00755. The monoisotopic (exact) mass is 527 g/mol. The number of imide groups is 1. The second kappa shape index (κ2) is 11.0. The van der Waals surface area contributed by atoms with Gasteiger partial charge in [-0.2, -0.15) is 0 Å². The highest BCUT2D eigenvalue weighted by Gasteiger charge is 2.34. The first-order valence-corrected chi connectivity index (χ1v) is 11.1. The third-order valence-corrected chi connectivity index (χ3v) is 5.37. The lowest BCUT2D eigenvalue weighted by Gasteiger charge is -2.10. The lowest BCUT2D eigenvalue weighted by Crippen LogP contribution is -2.30. The van der Waals surface area contributed by atoms with Gasteiger partial charge in [-0.3, -0.25) is 14.5 Å². The molecule has 37 heavy (non-hydrogen) atoms. The van der Waals surface area contributed by atoms with Gasteiger partial charge in [0, 0.05) is 5.69 Å². The summed E-state index contributed by atoms with van der Waals surface area (Å²) in [7, 11) is 1.21. The molecule has 2 aromatic carbocycles. The third kappa shape index (κ3) is 6.14. The van der Waals surface area contributed by atoms with Gasteiger partial charge >= 0.3 is 12.0 Å². The van der Waals surface area contributed by atoms with Crippen LogP contribution in [0.2, 0.25) is 5.02 Å². The van der Waals surface area contributed by atoms with Crippen LogP contribution in [0.15, 0.2) is 64.7 Å². The minimum atomic E-state index is -0.679. The molecule has 3 aromatic rings. The van der Waals surface area contributed by atoms with Crippen LogP contribution in [0.5, 0.6) is 5.75 Å². The molecule has 12 heteroatoms. The summed E-state index contributed by atoms with van der Waals surface area (Å²) in [5, 5.41) is 5.21. The Morgan fingerprint density at radius 3 is 2.59 bits per heavy atom. The molecule has 0 atom stereocenters. The molecule has 4 rings (SSSR count). The molecule has 0 spiro atoms. The van der Waals surface area contributed by atoms with Crippen molar-refractivity contribution >= 4 is 47.2 Å². The molecule has 0 unspecified atom stereocenters. The van der Waals surface area contributed by atoms with Crippen LogP contribution < -0.4 is 15.4 Å². The quantitative estimate of drug-likeness (QED) is 0.258. The van der Waals surface area contributed by atoms with Gasteiger partial charge in [0.1, 0.15) is 23.0 Å². The molecule has 0 bridgehead atoms. The summed E-state index contributed by atoms with van der Waals surface area (Å²) in [6.07, 6.45) is 1.43. The Morgan fingerprint density at radius 2 is 1.89 bits per heavy atom. The predicted octanol–water partition coefficient (Wildman–Crippen LogP) is 3.97. The average molecular weight is 528 g/mol. The zero-order valence-electron chi connectivity index (χ0n) is 19.2. The van der Waals surface area contributed by atoms with Crippen LogP contribution in [0.1, 0.15) is 21.9 Å². The number of esters is 1. The predicted molar refractivity (Wildman–Crippen MR) is 129 cm³/mol. The topological polar surface area (TPSA) is 127 Å². The lowest BCUT2D eigenvalue weighted by atomic mass is 10.2. The van der Waals surface area contributed by atoms with E-state index in [4.69, 9.17) is 20.8 Å². The number of nitrogens with zero attached hydrogens (tertiary/aromatic N) is 1. The van der Waals surface area contributed by atoms with Gasteiger partial charge in [-0.1, -0.05) is 17.7 Å². The highest BCUT2D eigenvalue weighted by atomic mass is 35.5. The summed E-state index contributed by atoms with van der Waals surface area (Å²) >= 11 is 6.26. The van der Waals surface area contributed by atoms with Gasteiger partial charge in [0.2, 0.25) is 5.76 Å². The Bertz CT molecular complexity index is 1400. The Morgan fingerprint density at radius 1 is 1.14 bits per heavy atom. The first-order chi connectivity index (χ1) is 17.7. The van der Waals surface area contributed by atoms with E-state index in [0.717, 1.165) is 4.90 Å². The maximum absolute atomic E-state index is 13.0. The molecule has 10 nitrogen and oxygen atoms in total. The second-order valence-corrected chi connectivity index (χ2v) is 8.08. The molecule has 0 radical (unpaired) electrons. The Kier molecular flexibility index (Phi) is 7.54. The molecule has 1 fully saturated rings. The molecule has 0 saturated carbocycles. The van der Waals surface area contributed by atoms with Crippen molar-refractivity contribution in [1.82, 2.24) is 10.2 Å². The Hall–Kier alpha value is -4.64. The van der Waals surface area contributed by atoms with E-state index in [1.807, 2.05) is 0 Å². The van der Waals surface area contributed by atoms with Crippen LogP contribution in [0.3, 0.4) is 0 Å². The van der Waals surface area contributed by atoms with E-state index < -0.39 is 29.6 Å². The van der Waals surface area contributed by atoms with E-state index in [-0.39, 0.29) is 41.1 Å². The van der Waals surface area contributed by atoms with Crippen molar-refractivity contribution < 1.29 is 37.5 Å². The van der Waals surface area contributed by atoms with Crippen molar-refractivity contribution in [2.24, 2.45) is 0 Å². The molecule has 1 aliphatic rings. The van der Waals surface area contributed by atoms with Crippen LogP contribution in [0.25, 0.3) is 6.08 Å². The highest BCUT2D eigenvalue weighted by Crippen LogP contribution is 2.27. The van der Waals surface area contributed by atoms with Gasteiger partial charge in [-0.15, -0.1) is 0 Å². The number of ether oxygens (including phenoxy) is 2. The SMILES string of the molecule is COC(=O)c1ccc(CN2C(=O)N/C(=C\c3ccc(OCC(=O)Nc4ccc(F)cc4)c(Cl)c3)C2=O)o1. The summed E-state index contributed by atoms with van der Waals surface area (Å²) in [4.78, 5) is 49.6. The number of benzene rings is 2. The van der Waals surface area contributed by atoms with Crippen LogP contribution in [0, 0.1) is 5.82 Å². The van der Waals surface area contributed by atoms with Gasteiger partial charge in [-0.05, 0) is 60.2 Å². The number of carbonyl (C=O) groups excluding carboxylic acids is 4. The van der Waals surface area contributed by atoms with Crippen molar-refractivity contribution in [2.75, 3.05) is 19.0 Å². The number of methoxy groups -OCH3 is 1. The molecular formula is C25H19ClFN3O7. The molecule has 1 aromatic heterocycles. The van der Waals surface area contributed by atoms with Crippen molar-refractivity contribution in [3.8, 4) is 5.75 Å². The van der Waals surface area contributed by atoms with Gasteiger partial charge in [-0.25, -0.2) is 14.0 Å². The van der Waals surface area contributed by atoms with Crippen molar-refractivity contribution in [3.05, 3.63) is 88.2 Å². The van der Waals surface area contributed by atoms with E-state index in [1.54, 1.807) is 6.07 Å². The molecule has 1 aliphatic heterocycles. The van der Waals surface area contributed by atoms with Crippen LogP contribution in [-0.2, 0) is 20.9 Å². The first-order valence-electron chi connectivity index (χ1n) is 10.7. The van der Waals surface area contributed by atoms with Crippen LogP contribution >= 0.6 is 11.6 Å². The summed E-state index contributed by atoms with van der Waals surface area (Å²) in [5.41, 5.74) is 0.911. The number of hydrogen-bond donors (Lipinski definition) is 2. The van der Waals surface area contributed by atoms with E-state index in [0.29, 0.717) is 11.3 Å². The van der Waals surface area contributed by atoms with Gasteiger partial charge in [0.05, 0.1) is 18.7 Å².